The lowest BCUT2D eigenvalue weighted by Gasteiger charge is -2.20. The van der Waals surface area contributed by atoms with Gasteiger partial charge in [0.25, 0.3) is 0 Å². The van der Waals surface area contributed by atoms with Crippen LogP contribution in [0, 0.1) is 5.92 Å². The van der Waals surface area contributed by atoms with Crippen LogP contribution in [0.3, 0.4) is 0 Å². The van der Waals surface area contributed by atoms with Crippen molar-refractivity contribution in [3.05, 3.63) is 205 Å². The van der Waals surface area contributed by atoms with Gasteiger partial charge in [-0.3, -0.25) is 0 Å². The number of hydrogen-bond acceptors (Lipinski definition) is 5. The minimum Gasteiger partial charge on any atom is -0.456 e. The third-order valence-electron chi connectivity index (χ3n) is 12.6. The summed E-state index contributed by atoms with van der Waals surface area (Å²) in [5.74, 6) is 2.04. The Labute approximate surface area is 356 Å². The summed E-state index contributed by atoms with van der Waals surface area (Å²) in [7, 11) is 0. The van der Waals surface area contributed by atoms with Crippen molar-refractivity contribution >= 4 is 71.7 Å². The maximum atomic E-state index is 6.62. The smallest absolute Gasteiger partial charge is 0.164 e. The van der Waals surface area contributed by atoms with Gasteiger partial charge in [-0.05, 0) is 104 Å². The third-order valence-corrected chi connectivity index (χ3v) is 12.6. The summed E-state index contributed by atoms with van der Waals surface area (Å²) in [5, 5.41) is 9.12. The summed E-state index contributed by atoms with van der Waals surface area (Å²) in [6.45, 7) is 0. The zero-order valence-electron chi connectivity index (χ0n) is 33.4. The highest BCUT2D eigenvalue weighted by molar-refractivity contribution is 6.12. The number of fused-ring (bicyclic) bond motifs is 9. The van der Waals surface area contributed by atoms with Crippen LogP contribution in [-0.4, -0.2) is 15.0 Å². The maximum absolute atomic E-state index is 6.62. The molecular weight excluding hydrogens is 759 g/mol. The van der Waals surface area contributed by atoms with Gasteiger partial charge in [0.2, 0.25) is 0 Å². The average Bonchev–Trinajstić information content (AvgIpc) is 3.92. The number of allylic oxidation sites excluding steroid dienone is 4. The van der Waals surface area contributed by atoms with Crippen molar-refractivity contribution in [2.24, 2.45) is 5.92 Å². The van der Waals surface area contributed by atoms with E-state index in [2.05, 4.69) is 170 Å². The maximum Gasteiger partial charge on any atom is 0.164 e. The molecule has 5 nitrogen and oxygen atoms in total. The Kier molecular flexibility index (Phi) is 7.66. The van der Waals surface area contributed by atoms with Gasteiger partial charge in [-0.2, -0.15) is 0 Å². The van der Waals surface area contributed by atoms with Crippen molar-refractivity contribution in [3.8, 4) is 45.0 Å². The van der Waals surface area contributed by atoms with E-state index in [1.54, 1.807) is 0 Å². The van der Waals surface area contributed by atoms with Crippen LogP contribution >= 0.6 is 0 Å². The zero-order chi connectivity index (χ0) is 40.7. The number of para-hydroxylation sites is 1. The van der Waals surface area contributed by atoms with E-state index in [1.165, 1.54) is 27.1 Å². The van der Waals surface area contributed by atoms with Crippen molar-refractivity contribution in [1.82, 2.24) is 15.0 Å². The van der Waals surface area contributed by atoms with Gasteiger partial charge in [0.15, 0.2) is 17.5 Å². The van der Waals surface area contributed by atoms with Crippen LogP contribution < -0.4 is 10.6 Å². The van der Waals surface area contributed by atoms with Crippen LogP contribution in [0.4, 0.5) is 0 Å². The third kappa shape index (κ3) is 5.66. The van der Waals surface area contributed by atoms with E-state index in [1.807, 2.05) is 24.3 Å². The molecule has 0 saturated heterocycles. The molecule has 2 aliphatic rings. The van der Waals surface area contributed by atoms with Gasteiger partial charge in [-0.15, -0.1) is 0 Å². The number of benzene rings is 8. The first kappa shape index (κ1) is 34.7. The van der Waals surface area contributed by atoms with Crippen LogP contribution in [0.25, 0.3) is 117 Å². The molecule has 1 unspecified atom stereocenters. The van der Waals surface area contributed by atoms with E-state index in [4.69, 9.17) is 23.8 Å². The first-order valence-electron chi connectivity index (χ1n) is 21.1. The van der Waals surface area contributed by atoms with Crippen molar-refractivity contribution in [2.45, 2.75) is 6.42 Å². The Morgan fingerprint density at radius 3 is 1.89 bits per heavy atom. The standard InChI is InChI=1S/C57H35N3O2/c1-3-10-39-30-41(23-18-34(39)8-1)36-16-21-38(22-17-36)55-58-56(44-25-20-37-27-29-51-54(48(37)32-44)45-12-5-6-14-49(45)61-51)60-57(59-55)47-13-7-15-50-53(47)46-28-26-43(33-52(46)62-50)42-24-19-35-9-2-4-11-40(35)31-42/h1-26,28-33,37H,27H2. The van der Waals surface area contributed by atoms with Gasteiger partial charge in [0.1, 0.15) is 22.2 Å². The molecule has 2 aliphatic carbocycles. The van der Waals surface area contributed by atoms with Gasteiger partial charge >= 0.3 is 0 Å². The quantitative estimate of drug-likeness (QED) is 0.174. The number of nitrogens with zero attached hydrogens (tertiary/aromatic N) is 3. The molecule has 0 radical (unpaired) electrons. The molecule has 290 valence electrons. The minimum atomic E-state index is 0.237. The van der Waals surface area contributed by atoms with Crippen molar-refractivity contribution in [1.29, 1.82) is 0 Å². The minimum absolute atomic E-state index is 0.237. The average molecular weight is 794 g/mol. The molecule has 11 aromatic rings. The Bertz CT molecular complexity index is 3850. The molecule has 0 fully saturated rings. The predicted octanol–water partition coefficient (Wildman–Crippen LogP) is 13.1. The van der Waals surface area contributed by atoms with Gasteiger partial charge in [-0.1, -0.05) is 146 Å². The van der Waals surface area contributed by atoms with Gasteiger partial charge in [-0.25, -0.2) is 15.0 Å². The van der Waals surface area contributed by atoms with Gasteiger partial charge in [0, 0.05) is 44.0 Å². The summed E-state index contributed by atoms with van der Waals surface area (Å²) in [4.78, 5) is 15.8. The fourth-order valence-electron chi connectivity index (χ4n) is 9.48. The first-order valence-corrected chi connectivity index (χ1v) is 21.1. The predicted molar refractivity (Wildman–Crippen MR) is 252 cm³/mol. The van der Waals surface area contributed by atoms with Gasteiger partial charge in [0.05, 0.1) is 0 Å². The lowest BCUT2D eigenvalue weighted by atomic mass is 9.84. The number of furan rings is 2. The van der Waals surface area contributed by atoms with Crippen LogP contribution in [0.5, 0.6) is 0 Å². The normalized spacial score (nSPS) is 14.7. The number of aromatic nitrogens is 3. The van der Waals surface area contributed by atoms with Crippen LogP contribution in [-0.2, 0) is 0 Å². The monoisotopic (exact) mass is 793 g/mol. The van der Waals surface area contributed by atoms with Crippen LogP contribution in [0.1, 0.15) is 12.2 Å². The van der Waals surface area contributed by atoms with Gasteiger partial charge < -0.3 is 8.83 Å². The van der Waals surface area contributed by atoms with E-state index < -0.39 is 0 Å². The summed E-state index contributed by atoms with van der Waals surface area (Å²) in [5.41, 5.74) is 11.9. The molecule has 0 amide bonds. The summed E-state index contributed by atoms with van der Waals surface area (Å²) in [6.07, 6.45) is 9.80. The van der Waals surface area contributed by atoms with E-state index in [0.29, 0.717) is 17.5 Å². The molecule has 0 aliphatic heterocycles. The molecular formula is C57H35N3O2. The second-order valence-electron chi connectivity index (χ2n) is 16.3. The molecule has 3 heterocycles. The molecule has 0 N–H and O–H groups in total. The Balaban J connectivity index is 0.973. The molecule has 5 heteroatoms. The van der Waals surface area contributed by atoms with E-state index in [-0.39, 0.29) is 5.92 Å². The molecule has 62 heavy (non-hydrogen) atoms. The summed E-state index contributed by atoms with van der Waals surface area (Å²) < 4.78 is 13.0. The molecule has 0 spiro atoms. The molecule has 8 aromatic carbocycles. The lowest BCUT2D eigenvalue weighted by molar-refractivity contribution is 0.568. The Hall–Kier alpha value is -8.15. The highest BCUT2D eigenvalue weighted by Crippen LogP contribution is 2.39. The molecule has 0 bridgehead atoms. The van der Waals surface area contributed by atoms with E-state index in [9.17, 15) is 0 Å². The fraction of sp³-hybridized carbons (Fsp3) is 0.0351. The second kappa shape index (κ2) is 13.7. The number of rotatable bonds is 5. The Morgan fingerprint density at radius 1 is 0.452 bits per heavy atom. The second-order valence-corrected chi connectivity index (χ2v) is 16.3. The Morgan fingerprint density at radius 2 is 1.08 bits per heavy atom. The largest absolute Gasteiger partial charge is 0.456 e. The van der Waals surface area contributed by atoms with Crippen molar-refractivity contribution in [2.75, 3.05) is 0 Å². The zero-order valence-corrected chi connectivity index (χ0v) is 33.4. The highest BCUT2D eigenvalue weighted by atomic mass is 16.3. The molecule has 0 saturated carbocycles. The highest BCUT2D eigenvalue weighted by Gasteiger charge is 2.24. The fourth-order valence-corrected chi connectivity index (χ4v) is 9.48. The van der Waals surface area contributed by atoms with E-state index in [0.717, 1.165) is 88.9 Å². The SMILES string of the molecule is C1=CC2CC=c3oc4ccccc4c3=C2C=C1c1nc(-c2ccc(-c3ccc4ccccc4c3)cc2)nc(-c2cccc3oc4cc(-c5ccc6ccccc6c5)ccc4c23)n1. The van der Waals surface area contributed by atoms with Crippen LogP contribution in [0.2, 0.25) is 0 Å². The molecule has 3 aromatic heterocycles. The van der Waals surface area contributed by atoms with E-state index >= 15 is 0 Å². The summed E-state index contributed by atoms with van der Waals surface area (Å²) in [6, 6.07) is 59.6. The molecule has 1 atom stereocenters. The molecule has 13 rings (SSSR count). The first-order chi connectivity index (χ1) is 30.7. The van der Waals surface area contributed by atoms with Crippen molar-refractivity contribution < 1.29 is 8.83 Å². The summed E-state index contributed by atoms with van der Waals surface area (Å²) >= 11 is 0. The number of hydrogen-bond donors (Lipinski definition) is 0. The lowest BCUT2D eigenvalue weighted by Crippen LogP contribution is -2.29. The topological polar surface area (TPSA) is 65.0 Å². The van der Waals surface area contributed by atoms with Crippen molar-refractivity contribution in [3.63, 3.8) is 0 Å². The van der Waals surface area contributed by atoms with Crippen LogP contribution in [0.15, 0.2) is 197 Å².